The van der Waals surface area contributed by atoms with Crippen molar-refractivity contribution >= 4 is 17.9 Å². The maximum Gasteiger partial charge on any atom is 0.308 e. The van der Waals surface area contributed by atoms with Gasteiger partial charge in [-0.25, -0.2) is 0 Å². The topological polar surface area (TPSA) is 88.1 Å². The third kappa shape index (κ3) is 4.08. The van der Waals surface area contributed by atoms with Gasteiger partial charge in [0, 0.05) is 43.6 Å². The van der Waals surface area contributed by atoms with Crippen LogP contribution >= 0.6 is 0 Å². The quantitative estimate of drug-likeness (QED) is 0.302. The minimum atomic E-state index is -0.475. The minimum absolute atomic E-state index is 0.0653. The molecule has 3 saturated carbocycles. The van der Waals surface area contributed by atoms with Crippen molar-refractivity contribution in [3.63, 3.8) is 0 Å². The largest absolute Gasteiger partial charge is 0.485 e. The van der Waals surface area contributed by atoms with E-state index in [2.05, 4.69) is 34.6 Å². The predicted molar refractivity (Wildman–Crippen MR) is 150 cm³/mol. The molecule has 3 fully saturated rings. The van der Waals surface area contributed by atoms with Crippen molar-refractivity contribution in [2.24, 2.45) is 34.0 Å². The molecule has 0 saturated heterocycles. The monoisotopic (exact) mass is 554 g/mol. The van der Waals surface area contributed by atoms with Gasteiger partial charge in [0.25, 0.3) is 0 Å². The lowest BCUT2D eigenvalue weighted by molar-refractivity contribution is -0.241. The number of carbonyl (C=O) groups excluding carboxylic acids is 3. The van der Waals surface area contributed by atoms with E-state index in [1.165, 1.54) is 20.8 Å². The lowest BCUT2D eigenvalue weighted by Gasteiger charge is -2.69. The van der Waals surface area contributed by atoms with Gasteiger partial charge in [-0.2, -0.15) is 0 Å². The number of carbonyl (C=O) groups is 3. The smallest absolute Gasteiger partial charge is 0.308 e. The van der Waals surface area contributed by atoms with Crippen LogP contribution in [0.25, 0.3) is 0 Å². The number of ether oxygens (including phenoxy) is 4. The molecule has 1 heterocycles. The second kappa shape index (κ2) is 9.49. The van der Waals surface area contributed by atoms with E-state index in [1.807, 2.05) is 6.92 Å². The summed E-state index contributed by atoms with van der Waals surface area (Å²) >= 11 is 0. The maximum atomic E-state index is 12.2. The van der Waals surface area contributed by atoms with E-state index < -0.39 is 17.5 Å². The Morgan fingerprint density at radius 3 is 2.17 bits per heavy atom. The van der Waals surface area contributed by atoms with Crippen LogP contribution in [0.5, 0.6) is 17.2 Å². The molecule has 1 unspecified atom stereocenters. The third-order valence-corrected chi connectivity index (χ3v) is 11.6. The highest BCUT2D eigenvalue weighted by Crippen LogP contribution is 2.72. The van der Waals surface area contributed by atoms with Crippen molar-refractivity contribution in [2.45, 2.75) is 119 Å². The molecule has 7 atom stereocenters. The van der Waals surface area contributed by atoms with E-state index in [0.717, 1.165) is 55.4 Å². The fourth-order valence-corrected chi connectivity index (χ4v) is 9.99. The zero-order chi connectivity index (χ0) is 29.4. The second-order valence-corrected chi connectivity index (χ2v) is 14.2. The molecule has 3 aliphatic carbocycles. The Bertz CT molecular complexity index is 1250. The first kappa shape index (κ1) is 28.9. The molecule has 1 aromatic carbocycles. The highest BCUT2D eigenvalue weighted by atomic mass is 16.6. The number of benzene rings is 1. The van der Waals surface area contributed by atoms with Crippen molar-refractivity contribution in [1.29, 1.82) is 0 Å². The van der Waals surface area contributed by atoms with E-state index in [-0.39, 0.29) is 40.0 Å². The van der Waals surface area contributed by atoms with Crippen LogP contribution < -0.4 is 14.2 Å². The molecule has 0 radical (unpaired) electrons. The van der Waals surface area contributed by atoms with Gasteiger partial charge in [-0.05, 0) is 80.2 Å². The SMILES string of the molecule is CC(=O)Oc1cc(C)c2c(c1OC(C)=O)C[C@]1(O2)[C@@H](C)CC[C@H]2C1(C)CC[C@H]1C(C)(C)[C@@H](OC(C)=O)CC[C@@]12C. The Balaban J connectivity index is 1.58. The van der Waals surface area contributed by atoms with Crippen LogP contribution in [-0.2, 0) is 25.5 Å². The third-order valence-electron chi connectivity index (χ3n) is 11.6. The van der Waals surface area contributed by atoms with E-state index in [4.69, 9.17) is 18.9 Å². The van der Waals surface area contributed by atoms with Crippen LogP contribution in [0.15, 0.2) is 6.07 Å². The lowest BCUT2D eigenvalue weighted by Crippen LogP contribution is -2.68. The number of esters is 3. The predicted octanol–water partition coefficient (Wildman–Crippen LogP) is 6.74. The molecular formula is C33H46O7. The fraction of sp³-hybridized carbons (Fsp3) is 0.727. The summed E-state index contributed by atoms with van der Waals surface area (Å²) in [6.45, 7) is 18.0. The molecule has 40 heavy (non-hydrogen) atoms. The molecule has 1 spiro atoms. The van der Waals surface area contributed by atoms with Gasteiger partial charge in [0.15, 0.2) is 11.5 Å². The van der Waals surface area contributed by atoms with Gasteiger partial charge >= 0.3 is 17.9 Å². The first-order valence-electron chi connectivity index (χ1n) is 15.0. The molecule has 7 heteroatoms. The van der Waals surface area contributed by atoms with Crippen LogP contribution in [0.3, 0.4) is 0 Å². The van der Waals surface area contributed by atoms with E-state index in [9.17, 15) is 14.4 Å². The highest BCUT2D eigenvalue weighted by molar-refractivity contribution is 5.76. The van der Waals surface area contributed by atoms with Gasteiger partial charge in [0.1, 0.15) is 17.5 Å². The fourth-order valence-electron chi connectivity index (χ4n) is 9.99. The Morgan fingerprint density at radius 2 is 1.55 bits per heavy atom. The molecule has 0 amide bonds. The number of hydrogen-bond acceptors (Lipinski definition) is 7. The molecule has 5 rings (SSSR count). The summed E-state index contributed by atoms with van der Waals surface area (Å²) in [4.78, 5) is 36.0. The number of aryl methyl sites for hydroxylation is 1. The van der Waals surface area contributed by atoms with Gasteiger partial charge < -0.3 is 18.9 Å². The van der Waals surface area contributed by atoms with Gasteiger partial charge in [0.05, 0.1) is 0 Å². The molecule has 220 valence electrons. The first-order chi connectivity index (χ1) is 18.6. The zero-order valence-corrected chi connectivity index (χ0v) is 25.7. The number of rotatable bonds is 3. The van der Waals surface area contributed by atoms with Crippen LogP contribution in [0.4, 0.5) is 0 Å². The Morgan fingerprint density at radius 1 is 0.875 bits per heavy atom. The van der Waals surface area contributed by atoms with E-state index in [0.29, 0.717) is 24.0 Å². The van der Waals surface area contributed by atoms with E-state index in [1.54, 1.807) is 6.07 Å². The van der Waals surface area contributed by atoms with Crippen molar-refractivity contribution in [1.82, 2.24) is 0 Å². The highest BCUT2D eigenvalue weighted by Gasteiger charge is 2.70. The minimum Gasteiger partial charge on any atom is -0.485 e. The van der Waals surface area contributed by atoms with E-state index >= 15 is 0 Å². The zero-order valence-electron chi connectivity index (χ0n) is 25.7. The molecule has 0 N–H and O–H groups in total. The van der Waals surface area contributed by atoms with Gasteiger partial charge in [0.2, 0.25) is 0 Å². The Labute approximate surface area is 238 Å². The van der Waals surface area contributed by atoms with Crippen LogP contribution in [0, 0.1) is 40.9 Å². The van der Waals surface area contributed by atoms with Crippen molar-refractivity contribution in [2.75, 3.05) is 0 Å². The standard InChI is InChI=1S/C33H46O7/c1-18-16-24(37-20(3)34)29(39-22(5)36)23-17-33(40-28(18)23)19(2)10-11-26-31(8)14-13-27(38-21(4)35)30(6,7)25(31)12-15-32(26,33)9/h16,19,25-27H,10-15,17H2,1-9H3/t19-,25-,26+,27-,31-,32?,33-/m0/s1. The number of hydrogen-bond donors (Lipinski definition) is 0. The normalized spacial score (nSPS) is 37.4. The summed E-state index contributed by atoms with van der Waals surface area (Å²) in [6, 6.07) is 1.75. The molecular weight excluding hydrogens is 508 g/mol. The molecule has 0 bridgehead atoms. The maximum absolute atomic E-state index is 12.2. The van der Waals surface area contributed by atoms with Gasteiger partial charge in [-0.15, -0.1) is 0 Å². The Hall–Kier alpha value is -2.57. The summed E-state index contributed by atoms with van der Waals surface area (Å²) in [5.74, 6) is 1.36. The molecule has 4 aliphatic rings. The summed E-state index contributed by atoms with van der Waals surface area (Å²) in [5.41, 5.74) is 1.06. The molecule has 1 aromatic rings. The average Bonchev–Trinajstić information content (AvgIpc) is 3.24. The van der Waals surface area contributed by atoms with Crippen molar-refractivity contribution in [3.05, 3.63) is 17.2 Å². The van der Waals surface area contributed by atoms with Crippen LogP contribution in [0.2, 0.25) is 0 Å². The van der Waals surface area contributed by atoms with Crippen LogP contribution in [-0.4, -0.2) is 29.6 Å². The van der Waals surface area contributed by atoms with Gasteiger partial charge in [-0.3, -0.25) is 14.4 Å². The van der Waals surface area contributed by atoms with Crippen molar-refractivity contribution < 1.29 is 33.3 Å². The summed E-state index contributed by atoms with van der Waals surface area (Å²) in [5, 5.41) is 0. The lowest BCUT2D eigenvalue weighted by atomic mass is 9.37. The average molecular weight is 555 g/mol. The molecule has 1 aliphatic heterocycles. The Kier molecular flexibility index (Phi) is 6.86. The van der Waals surface area contributed by atoms with Crippen LogP contribution in [0.1, 0.15) is 105 Å². The first-order valence-corrected chi connectivity index (χ1v) is 15.0. The summed E-state index contributed by atoms with van der Waals surface area (Å²) in [7, 11) is 0. The molecule has 7 nitrogen and oxygen atoms in total. The van der Waals surface area contributed by atoms with Gasteiger partial charge in [-0.1, -0.05) is 34.6 Å². The van der Waals surface area contributed by atoms with Crippen molar-refractivity contribution in [3.8, 4) is 17.2 Å². The second-order valence-electron chi connectivity index (χ2n) is 14.2. The molecule has 0 aromatic heterocycles. The summed E-state index contributed by atoms with van der Waals surface area (Å²) in [6.07, 6.45) is 6.65. The summed E-state index contributed by atoms with van der Waals surface area (Å²) < 4.78 is 24.3. The number of fused-ring (bicyclic) bond motifs is 5.